The van der Waals surface area contributed by atoms with Gasteiger partial charge in [0.2, 0.25) is 0 Å². The van der Waals surface area contributed by atoms with Gasteiger partial charge in [0.05, 0.1) is 18.4 Å². The molecule has 0 saturated heterocycles. The fourth-order valence-electron chi connectivity index (χ4n) is 1.92. The highest BCUT2D eigenvalue weighted by molar-refractivity contribution is 7.86. The van der Waals surface area contributed by atoms with Crippen molar-refractivity contribution in [1.29, 1.82) is 0 Å². The maximum atomic E-state index is 11.6. The molecule has 5 nitrogen and oxygen atoms in total. The number of hydrogen-bond donors (Lipinski definition) is 0. The van der Waals surface area contributed by atoms with Crippen molar-refractivity contribution in [3.63, 3.8) is 0 Å². The van der Waals surface area contributed by atoms with E-state index in [0.29, 0.717) is 18.6 Å². The van der Waals surface area contributed by atoms with Crippen LogP contribution in [0.25, 0.3) is 0 Å². The zero-order chi connectivity index (χ0) is 16.0. The molecule has 1 aromatic carbocycles. The summed E-state index contributed by atoms with van der Waals surface area (Å²) in [5.74, 6) is -0.116. The fourth-order valence-corrected chi connectivity index (χ4v) is 2.53. The SMILES string of the molecule is CCOC(=O)c1ccc(C(CC(C)C)OS(C)(=O)=O)cc1. The zero-order valence-electron chi connectivity index (χ0n) is 12.8. The van der Waals surface area contributed by atoms with Crippen LogP contribution in [0.5, 0.6) is 0 Å². The standard InChI is InChI=1S/C15H22O5S/c1-5-19-15(16)13-8-6-12(7-9-13)14(10-11(2)3)20-21(4,17)18/h6-9,11,14H,5,10H2,1-4H3. The number of ether oxygens (including phenoxy) is 1. The minimum absolute atomic E-state index is 0.279. The van der Waals surface area contributed by atoms with Gasteiger partial charge in [-0.3, -0.25) is 4.18 Å². The second-order valence-electron chi connectivity index (χ2n) is 5.26. The Morgan fingerprint density at radius 3 is 2.19 bits per heavy atom. The Hall–Kier alpha value is -1.40. The van der Waals surface area contributed by atoms with Crippen LogP contribution in [0.3, 0.4) is 0 Å². The monoisotopic (exact) mass is 314 g/mol. The van der Waals surface area contributed by atoms with Gasteiger partial charge < -0.3 is 4.74 Å². The first-order valence-corrected chi connectivity index (χ1v) is 8.70. The van der Waals surface area contributed by atoms with Crippen LogP contribution < -0.4 is 0 Å². The smallest absolute Gasteiger partial charge is 0.338 e. The highest BCUT2D eigenvalue weighted by atomic mass is 32.2. The van der Waals surface area contributed by atoms with Crippen LogP contribution in [0.4, 0.5) is 0 Å². The summed E-state index contributed by atoms with van der Waals surface area (Å²) in [5, 5.41) is 0. The molecule has 0 fully saturated rings. The van der Waals surface area contributed by atoms with E-state index in [4.69, 9.17) is 8.92 Å². The third-order valence-corrected chi connectivity index (χ3v) is 3.35. The van der Waals surface area contributed by atoms with Crippen molar-refractivity contribution in [1.82, 2.24) is 0 Å². The van der Waals surface area contributed by atoms with Crippen molar-refractivity contribution in [2.45, 2.75) is 33.3 Å². The molecule has 1 rings (SSSR count). The first-order chi connectivity index (χ1) is 9.73. The highest BCUT2D eigenvalue weighted by Crippen LogP contribution is 2.27. The molecule has 0 aliphatic rings. The lowest BCUT2D eigenvalue weighted by Gasteiger charge is -2.19. The molecule has 0 spiro atoms. The summed E-state index contributed by atoms with van der Waals surface area (Å²) in [6, 6.07) is 6.63. The van der Waals surface area contributed by atoms with Gasteiger partial charge in [-0.15, -0.1) is 0 Å². The lowest BCUT2D eigenvalue weighted by molar-refractivity contribution is 0.0526. The van der Waals surface area contributed by atoms with E-state index >= 15 is 0 Å². The van der Waals surface area contributed by atoms with E-state index in [2.05, 4.69) is 0 Å². The van der Waals surface area contributed by atoms with E-state index in [1.165, 1.54) is 0 Å². The van der Waals surface area contributed by atoms with E-state index in [1.54, 1.807) is 31.2 Å². The minimum Gasteiger partial charge on any atom is -0.462 e. The van der Waals surface area contributed by atoms with Crippen LogP contribution >= 0.6 is 0 Å². The molecule has 0 N–H and O–H groups in total. The molecule has 1 aromatic rings. The zero-order valence-corrected chi connectivity index (χ0v) is 13.6. The molecule has 118 valence electrons. The number of hydrogen-bond acceptors (Lipinski definition) is 5. The Bertz CT molecular complexity index is 560. The van der Waals surface area contributed by atoms with Gasteiger partial charge in [-0.05, 0) is 37.0 Å². The van der Waals surface area contributed by atoms with Gasteiger partial charge in [0.1, 0.15) is 6.10 Å². The Morgan fingerprint density at radius 2 is 1.76 bits per heavy atom. The molecule has 21 heavy (non-hydrogen) atoms. The van der Waals surface area contributed by atoms with Crippen LogP contribution in [-0.2, 0) is 19.0 Å². The number of carbonyl (C=O) groups is 1. The second kappa shape index (κ2) is 7.56. The Balaban J connectivity index is 2.95. The molecule has 1 atom stereocenters. The van der Waals surface area contributed by atoms with Crippen molar-refractivity contribution in [2.75, 3.05) is 12.9 Å². The van der Waals surface area contributed by atoms with Crippen molar-refractivity contribution in [2.24, 2.45) is 5.92 Å². The lowest BCUT2D eigenvalue weighted by Crippen LogP contribution is -2.13. The van der Waals surface area contributed by atoms with E-state index in [-0.39, 0.29) is 5.92 Å². The van der Waals surface area contributed by atoms with Gasteiger partial charge >= 0.3 is 5.97 Å². The average molecular weight is 314 g/mol. The molecule has 0 radical (unpaired) electrons. The number of carbonyl (C=O) groups excluding carboxylic acids is 1. The minimum atomic E-state index is -3.54. The third-order valence-electron chi connectivity index (χ3n) is 2.77. The summed E-state index contributed by atoms with van der Waals surface area (Å²) in [5.41, 5.74) is 1.16. The fraction of sp³-hybridized carbons (Fsp3) is 0.533. The summed E-state index contributed by atoms with van der Waals surface area (Å²) in [6.07, 6.45) is 1.07. The summed E-state index contributed by atoms with van der Waals surface area (Å²) in [7, 11) is -3.54. The summed E-state index contributed by atoms with van der Waals surface area (Å²) < 4.78 is 32.8. The molecule has 0 aromatic heterocycles. The van der Waals surface area contributed by atoms with Crippen molar-refractivity contribution < 1.29 is 22.1 Å². The maximum absolute atomic E-state index is 11.6. The second-order valence-corrected chi connectivity index (χ2v) is 6.86. The van der Waals surface area contributed by atoms with E-state index in [0.717, 1.165) is 11.8 Å². The Morgan fingerprint density at radius 1 is 1.19 bits per heavy atom. The number of esters is 1. The molecule has 0 heterocycles. The van der Waals surface area contributed by atoms with Gasteiger partial charge in [0.25, 0.3) is 10.1 Å². The predicted octanol–water partition coefficient (Wildman–Crippen LogP) is 2.93. The van der Waals surface area contributed by atoms with Crippen molar-refractivity contribution in [3.8, 4) is 0 Å². The summed E-state index contributed by atoms with van der Waals surface area (Å²) in [4.78, 5) is 11.6. The first kappa shape index (κ1) is 17.7. The van der Waals surface area contributed by atoms with Gasteiger partial charge in [0.15, 0.2) is 0 Å². The quantitative estimate of drug-likeness (QED) is 0.571. The van der Waals surface area contributed by atoms with Gasteiger partial charge in [-0.2, -0.15) is 8.42 Å². The van der Waals surface area contributed by atoms with E-state index < -0.39 is 22.2 Å². The molecule has 0 aliphatic heterocycles. The topological polar surface area (TPSA) is 69.7 Å². The van der Waals surface area contributed by atoms with Gasteiger partial charge in [-0.1, -0.05) is 26.0 Å². The van der Waals surface area contributed by atoms with E-state index in [1.807, 2.05) is 13.8 Å². The summed E-state index contributed by atoms with van der Waals surface area (Å²) >= 11 is 0. The molecule has 6 heteroatoms. The Kier molecular flexibility index (Phi) is 6.36. The molecular weight excluding hydrogens is 292 g/mol. The van der Waals surface area contributed by atoms with Crippen LogP contribution in [0.2, 0.25) is 0 Å². The predicted molar refractivity (Wildman–Crippen MR) is 80.5 cm³/mol. The van der Waals surface area contributed by atoms with Crippen LogP contribution in [0, 0.1) is 5.92 Å². The van der Waals surface area contributed by atoms with Gasteiger partial charge in [-0.25, -0.2) is 4.79 Å². The normalized spacial score (nSPS) is 13.2. The Labute approximate surface area is 126 Å². The van der Waals surface area contributed by atoms with Gasteiger partial charge in [0, 0.05) is 0 Å². The molecule has 0 saturated carbocycles. The third kappa shape index (κ3) is 6.27. The summed E-state index contributed by atoms with van der Waals surface area (Å²) in [6.45, 7) is 6.04. The lowest BCUT2D eigenvalue weighted by atomic mass is 9.99. The van der Waals surface area contributed by atoms with Crippen LogP contribution in [0.15, 0.2) is 24.3 Å². The first-order valence-electron chi connectivity index (χ1n) is 6.88. The van der Waals surface area contributed by atoms with Crippen LogP contribution in [0.1, 0.15) is 49.2 Å². The van der Waals surface area contributed by atoms with E-state index in [9.17, 15) is 13.2 Å². The maximum Gasteiger partial charge on any atom is 0.338 e. The highest BCUT2D eigenvalue weighted by Gasteiger charge is 2.19. The van der Waals surface area contributed by atoms with Crippen LogP contribution in [-0.4, -0.2) is 27.2 Å². The van der Waals surface area contributed by atoms with Crippen molar-refractivity contribution in [3.05, 3.63) is 35.4 Å². The molecule has 1 unspecified atom stereocenters. The number of rotatable bonds is 7. The molecule has 0 amide bonds. The molecule has 0 aliphatic carbocycles. The average Bonchev–Trinajstić information content (AvgIpc) is 2.36. The van der Waals surface area contributed by atoms with Crippen molar-refractivity contribution >= 4 is 16.1 Å². The number of benzene rings is 1. The molecule has 0 bridgehead atoms. The molecular formula is C15H22O5S. The largest absolute Gasteiger partial charge is 0.462 e.